The average Bonchev–Trinajstić information content (AvgIpc) is 2.77. The van der Waals surface area contributed by atoms with Crippen molar-refractivity contribution in [2.75, 3.05) is 14.2 Å². The van der Waals surface area contributed by atoms with Crippen molar-refractivity contribution in [2.45, 2.75) is 44.3 Å². The van der Waals surface area contributed by atoms with E-state index in [-0.39, 0.29) is 6.10 Å². The van der Waals surface area contributed by atoms with Crippen LogP contribution in [0.2, 0.25) is 0 Å². The van der Waals surface area contributed by atoms with E-state index in [0.717, 1.165) is 12.8 Å². The second-order valence-corrected chi connectivity index (χ2v) is 5.38. The van der Waals surface area contributed by atoms with Crippen LogP contribution in [0, 0.1) is 5.41 Å². The van der Waals surface area contributed by atoms with Gasteiger partial charge in [0.15, 0.2) is 5.41 Å². The summed E-state index contributed by atoms with van der Waals surface area (Å²) < 4.78 is 15.6. The normalized spacial score (nSPS) is 32.3. The second-order valence-electron chi connectivity index (χ2n) is 5.38. The summed E-state index contributed by atoms with van der Waals surface area (Å²) in [5, 5.41) is 0. The highest BCUT2D eigenvalue weighted by Crippen LogP contribution is 2.47. The van der Waals surface area contributed by atoms with Gasteiger partial charge in [0.25, 0.3) is 0 Å². The molecule has 0 radical (unpaired) electrons. The van der Waals surface area contributed by atoms with Gasteiger partial charge < -0.3 is 14.2 Å². The van der Waals surface area contributed by atoms with Crippen molar-refractivity contribution in [3.8, 4) is 0 Å². The monoisotopic (exact) mass is 268 g/mol. The highest BCUT2D eigenvalue weighted by molar-refractivity contribution is 6.00. The zero-order valence-corrected chi connectivity index (χ0v) is 11.6. The molecule has 1 aliphatic carbocycles. The first-order valence-electron chi connectivity index (χ1n) is 6.50. The number of carbonyl (C=O) groups is 2. The molecule has 106 valence electrons. The summed E-state index contributed by atoms with van der Waals surface area (Å²) in [6.45, 7) is 2.00. The van der Waals surface area contributed by atoms with E-state index in [2.05, 4.69) is 0 Å². The highest BCUT2D eigenvalue weighted by atomic mass is 16.5. The van der Waals surface area contributed by atoms with Gasteiger partial charge in [-0.3, -0.25) is 9.59 Å². The minimum atomic E-state index is -1.28. The maximum Gasteiger partial charge on any atom is 0.323 e. The molecule has 5 heteroatoms. The third kappa shape index (κ3) is 2.27. The summed E-state index contributed by atoms with van der Waals surface area (Å²) in [6, 6.07) is 0. The molecule has 19 heavy (non-hydrogen) atoms. The molecule has 2 unspecified atom stereocenters. The zero-order chi connectivity index (χ0) is 14.1. The molecule has 0 bridgehead atoms. The number of allylic oxidation sites excluding steroid dienone is 1. The van der Waals surface area contributed by atoms with Crippen LogP contribution in [-0.4, -0.2) is 37.9 Å². The molecule has 1 heterocycles. The van der Waals surface area contributed by atoms with Gasteiger partial charge >= 0.3 is 11.9 Å². The van der Waals surface area contributed by atoms with Crippen molar-refractivity contribution in [3.63, 3.8) is 0 Å². The minimum Gasteiger partial charge on any atom is -0.468 e. The van der Waals surface area contributed by atoms with Crippen LogP contribution in [0.25, 0.3) is 0 Å². The molecular formula is C14H20O5. The van der Waals surface area contributed by atoms with Crippen molar-refractivity contribution >= 4 is 11.9 Å². The lowest BCUT2D eigenvalue weighted by atomic mass is 9.70. The lowest BCUT2D eigenvalue weighted by Gasteiger charge is -2.38. The van der Waals surface area contributed by atoms with Crippen LogP contribution in [0.15, 0.2) is 12.2 Å². The fourth-order valence-electron chi connectivity index (χ4n) is 3.12. The smallest absolute Gasteiger partial charge is 0.323 e. The van der Waals surface area contributed by atoms with Crippen LogP contribution in [-0.2, 0) is 23.8 Å². The molecule has 1 spiro atoms. The van der Waals surface area contributed by atoms with Crippen molar-refractivity contribution in [1.29, 1.82) is 0 Å². The molecule has 2 rings (SSSR count). The molecule has 0 aromatic carbocycles. The van der Waals surface area contributed by atoms with Crippen LogP contribution in [0.3, 0.4) is 0 Å². The Morgan fingerprint density at radius 1 is 1.26 bits per heavy atom. The number of hydrogen-bond donors (Lipinski definition) is 0. The summed E-state index contributed by atoms with van der Waals surface area (Å²) in [7, 11) is 2.58. The van der Waals surface area contributed by atoms with E-state index in [4.69, 9.17) is 14.2 Å². The molecule has 0 amide bonds. The minimum absolute atomic E-state index is 0.135. The number of hydrogen-bond acceptors (Lipinski definition) is 5. The van der Waals surface area contributed by atoms with Crippen LogP contribution in [0.1, 0.15) is 32.6 Å². The molecule has 1 fully saturated rings. The third-order valence-electron chi connectivity index (χ3n) is 4.05. The predicted molar refractivity (Wildman–Crippen MR) is 67.4 cm³/mol. The Hall–Kier alpha value is -1.36. The molecular weight excluding hydrogens is 248 g/mol. The Morgan fingerprint density at radius 3 is 2.37 bits per heavy atom. The van der Waals surface area contributed by atoms with E-state index in [1.165, 1.54) is 14.2 Å². The highest BCUT2D eigenvalue weighted by Gasteiger charge is 2.56. The number of methoxy groups -OCH3 is 2. The van der Waals surface area contributed by atoms with Crippen LogP contribution >= 0.6 is 0 Å². The fraction of sp³-hybridized carbons (Fsp3) is 0.714. The van der Waals surface area contributed by atoms with Crippen molar-refractivity contribution in [1.82, 2.24) is 0 Å². The van der Waals surface area contributed by atoms with E-state index in [0.29, 0.717) is 12.8 Å². The molecule has 0 aromatic rings. The molecule has 2 atom stereocenters. The summed E-state index contributed by atoms with van der Waals surface area (Å²) in [4.78, 5) is 24.2. The van der Waals surface area contributed by atoms with Gasteiger partial charge in [-0.1, -0.05) is 12.2 Å². The Kier molecular flexibility index (Phi) is 3.67. The summed E-state index contributed by atoms with van der Waals surface area (Å²) in [5.41, 5.74) is -1.82. The summed E-state index contributed by atoms with van der Waals surface area (Å²) in [6.07, 6.45) is 6.25. The predicted octanol–water partition coefficient (Wildman–Crippen LogP) is 1.61. The zero-order valence-electron chi connectivity index (χ0n) is 11.6. The van der Waals surface area contributed by atoms with Crippen LogP contribution < -0.4 is 0 Å². The molecule has 0 aromatic heterocycles. The van der Waals surface area contributed by atoms with Crippen molar-refractivity contribution < 1.29 is 23.8 Å². The molecule has 1 saturated heterocycles. The van der Waals surface area contributed by atoms with Crippen molar-refractivity contribution in [2.24, 2.45) is 5.41 Å². The standard InChI is InChI=1S/C14H20O5/c1-10-5-8-13(19-10)6-4-7-14(9-13,11(15)17-2)12(16)18-3/h4,6,10H,5,7-9H2,1-3H3. The second kappa shape index (κ2) is 4.96. The van der Waals surface area contributed by atoms with E-state index in [1.807, 2.05) is 19.1 Å². The van der Waals surface area contributed by atoms with E-state index >= 15 is 0 Å². The topological polar surface area (TPSA) is 61.8 Å². The van der Waals surface area contributed by atoms with Gasteiger partial charge in [-0.25, -0.2) is 0 Å². The molecule has 5 nitrogen and oxygen atoms in total. The summed E-state index contributed by atoms with van der Waals surface area (Å²) >= 11 is 0. The molecule has 0 N–H and O–H groups in total. The lowest BCUT2D eigenvalue weighted by Crippen LogP contribution is -2.49. The third-order valence-corrected chi connectivity index (χ3v) is 4.05. The SMILES string of the molecule is COC(=O)C1(C(=O)OC)CC=CC2(CCC(C)O2)C1. The Labute approximate surface area is 112 Å². The molecule has 2 aliphatic rings. The lowest BCUT2D eigenvalue weighted by molar-refractivity contribution is -0.175. The van der Waals surface area contributed by atoms with Gasteiger partial charge in [-0.2, -0.15) is 0 Å². The number of ether oxygens (including phenoxy) is 3. The first-order chi connectivity index (χ1) is 8.98. The largest absolute Gasteiger partial charge is 0.468 e. The Balaban J connectivity index is 2.34. The first kappa shape index (κ1) is 14.1. The Morgan fingerprint density at radius 2 is 1.89 bits per heavy atom. The van der Waals surface area contributed by atoms with Gasteiger partial charge in [-0.05, 0) is 26.2 Å². The van der Waals surface area contributed by atoms with Gasteiger partial charge in [-0.15, -0.1) is 0 Å². The van der Waals surface area contributed by atoms with Crippen molar-refractivity contribution in [3.05, 3.63) is 12.2 Å². The van der Waals surface area contributed by atoms with E-state index in [1.54, 1.807) is 0 Å². The van der Waals surface area contributed by atoms with E-state index < -0.39 is 23.0 Å². The van der Waals surface area contributed by atoms with Crippen LogP contribution in [0.5, 0.6) is 0 Å². The maximum atomic E-state index is 12.1. The number of carbonyl (C=O) groups excluding carboxylic acids is 2. The van der Waals surface area contributed by atoms with Crippen LogP contribution in [0.4, 0.5) is 0 Å². The molecule has 1 aliphatic heterocycles. The van der Waals surface area contributed by atoms with Gasteiger partial charge in [0.05, 0.1) is 25.9 Å². The van der Waals surface area contributed by atoms with Gasteiger partial charge in [0.1, 0.15) is 0 Å². The molecule has 0 saturated carbocycles. The first-order valence-corrected chi connectivity index (χ1v) is 6.50. The fourth-order valence-corrected chi connectivity index (χ4v) is 3.12. The average molecular weight is 268 g/mol. The Bertz CT molecular complexity index is 398. The number of rotatable bonds is 2. The van der Waals surface area contributed by atoms with E-state index in [9.17, 15) is 9.59 Å². The quantitative estimate of drug-likeness (QED) is 0.432. The van der Waals surface area contributed by atoms with Gasteiger partial charge in [0.2, 0.25) is 0 Å². The number of esters is 2. The summed E-state index contributed by atoms with van der Waals surface area (Å²) in [5.74, 6) is -1.10. The van der Waals surface area contributed by atoms with Gasteiger partial charge in [0, 0.05) is 6.42 Å². The maximum absolute atomic E-state index is 12.1.